The number of carbonyl (C=O) groups is 1. The zero-order valence-electron chi connectivity index (χ0n) is 13.0. The van der Waals surface area contributed by atoms with Crippen LogP contribution in [0.3, 0.4) is 0 Å². The molecule has 0 bridgehead atoms. The van der Waals surface area contributed by atoms with Crippen LogP contribution in [0.4, 0.5) is 11.4 Å². The lowest BCUT2D eigenvalue weighted by atomic mass is 10.2. The Morgan fingerprint density at radius 3 is 2.83 bits per heavy atom. The molecule has 0 atom stereocenters. The molecule has 1 fully saturated rings. The van der Waals surface area contributed by atoms with Crippen molar-refractivity contribution in [3.63, 3.8) is 0 Å². The molecule has 0 saturated carbocycles. The summed E-state index contributed by atoms with van der Waals surface area (Å²) < 4.78 is 5.40. The summed E-state index contributed by atoms with van der Waals surface area (Å²) in [6, 6.07) is 12.1. The molecule has 1 aliphatic rings. The monoisotopic (exact) mass is 332 g/mol. The Hall–Kier alpha value is -1.89. The lowest BCUT2D eigenvalue weighted by Gasteiger charge is -2.30. The van der Waals surface area contributed by atoms with Crippen molar-refractivity contribution in [2.45, 2.75) is 6.54 Å². The van der Waals surface area contributed by atoms with Crippen LogP contribution in [0.1, 0.15) is 4.88 Å². The number of amides is 1. The highest BCUT2D eigenvalue weighted by molar-refractivity contribution is 7.09. The molecular weight excluding hydrogens is 310 g/mol. The Morgan fingerprint density at radius 1 is 1.22 bits per heavy atom. The third-order valence-electron chi connectivity index (χ3n) is 3.79. The van der Waals surface area contributed by atoms with Crippen LogP contribution in [0.15, 0.2) is 41.8 Å². The smallest absolute Gasteiger partial charge is 0.279 e. The molecule has 3 N–H and O–H groups in total. The van der Waals surface area contributed by atoms with E-state index >= 15 is 0 Å². The van der Waals surface area contributed by atoms with Gasteiger partial charge in [0.25, 0.3) is 5.91 Å². The van der Waals surface area contributed by atoms with Crippen molar-refractivity contribution in [3.05, 3.63) is 46.7 Å². The number of rotatable bonds is 6. The number of morpholine rings is 1. The summed E-state index contributed by atoms with van der Waals surface area (Å²) >= 11 is 1.72. The van der Waals surface area contributed by atoms with Crippen LogP contribution < -0.4 is 15.5 Å². The first-order valence-corrected chi connectivity index (χ1v) is 8.76. The van der Waals surface area contributed by atoms with Gasteiger partial charge in [-0.05, 0) is 23.6 Å². The molecule has 1 amide bonds. The predicted octanol–water partition coefficient (Wildman–Crippen LogP) is 1.29. The van der Waals surface area contributed by atoms with E-state index in [0.717, 1.165) is 44.2 Å². The van der Waals surface area contributed by atoms with E-state index in [2.05, 4.69) is 27.7 Å². The molecule has 1 aromatic carbocycles. The fraction of sp³-hybridized carbons (Fsp3) is 0.353. The second kappa shape index (κ2) is 8.10. The SMILES string of the molecule is O=C(C[NH2+]Cc1cccs1)Nc1ccccc1N1CCOCC1. The Morgan fingerprint density at radius 2 is 2.04 bits per heavy atom. The predicted molar refractivity (Wildman–Crippen MR) is 92.9 cm³/mol. The summed E-state index contributed by atoms with van der Waals surface area (Å²) in [4.78, 5) is 15.7. The summed E-state index contributed by atoms with van der Waals surface area (Å²) in [7, 11) is 0. The summed E-state index contributed by atoms with van der Waals surface area (Å²) in [6.45, 7) is 4.45. The van der Waals surface area contributed by atoms with E-state index in [9.17, 15) is 4.79 Å². The Labute approximate surface area is 140 Å². The molecular formula is C17H22N3O2S+. The quantitative estimate of drug-likeness (QED) is 0.838. The van der Waals surface area contributed by atoms with Crippen LogP contribution in [0.5, 0.6) is 0 Å². The van der Waals surface area contributed by atoms with Crippen molar-refractivity contribution in [2.24, 2.45) is 0 Å². The van der Waals surface area contributed by atoms with Gasteiger partial charge in [0.2, 0.25) is 0 Å². The molecule has 2 heterocycles. The fourth-order valence-electron chi connectivity index (χ4n) is 2.63. The van der Waals surface area contributed by atoms with Crippen molar-refractivity contribution in [1.82, 2.24) is 0 Å². The van der Waals surface area contributed by atoms with Crippen LogP contribution in [0.2, 0.25) is 0 Å². The molecule has 0 aliphatic carbocycles. The van der Waals surface area contributed by atoms with E-state index in [0.29, 0.717) is 6.54 Å². The van der Waals surface area contributed by atoms with Gasteiger partial charge in [0.15, 0.2) is 6.54 Å². The van der Waals surface area contributed by atoms with E-state index in [1.54, 1.807) is 11.3 Å². The number of nitrogens with two attached hydrogens (primary N) is 1. The van der Waals surface area contributed by atoms with Crippen molar-refractivity contribution in [1.29, 1.82) is 0 Å². The van der Waals surface area contributed by atoms with Crippen LogP contribution in [0, 0.1) is 0 Å². The number of ether oxygens (including phenoxy) is 1. The fourth-order valence-corrected chi connectivity index (χ4v) is 3.34. The molecule has 0 spiro atoms. The summed E-state index contributed by atoms with van der Waals surface area (Å²) in [6.07, 6.45) is 0. The van der Waals surface area contributed by atoms with Crippen LogP contribution in [-0.2, 0) is 16.1 Å². The molecule has 6 heteroatoms. The van der Waals surface area contributed by atoms with Gasteiger partial charge in [0, 0.05) is 13.1 Å². The molecule has 2 aromatic rings. The highest BCUT2D eigenvalue weighted by Crippen LogP contribution is 2.26. The standard InChI is InChI=1S/C17H21N3O2S/c21-17(13-18-12-14-4-3-11-23-14)19-15-5-1-2-6-16(15)20-7-9-22-10-8-20/h1-6,11,18H,7-10,12-13H2,(H,19,21)/p+1. The summed E-state index contributed by atoms with van der Waals surface area (Å²) in [5.74, 6) is 0.0299. The second-order valence-electron chi connectivity index (χ2n) is 5.44. The van der Waals surface area contributed by atoms with Gasteiger partial charge in [-0.15, -0.1) is 11.3 Å². The number of hydrogen-bond acceptors (Lipinski definition) is 4. The summed E-state index contributed by atoms with van der Waals surface area (Å²) in [5, 5.41) is 7.12. The van der Waals surface area contributed by atoms with Crippen LogP contribution in [0.25, 0.3) is 0 Å². The van der Waals surface area contributed by atoms with Crippen molar-refractivity contribution in [3.8, 4) is 0 Å². The molecule has 122 valence electrons. The maximum Gasteiger partial charge on any atom is 0.279 e. The number of hydrogen-bond donors (Lipinski definition) is 2. The lowest BCUT2D eigenvalue weighted by Crippen LogP contribution is -2.84. The topological polar surface area (TPSA) is 58.2 Å². The highest BCUT2D eigenvalue weighted by atomic mass is 32.1. The normalized spacial score (nSPS) is 14.7. The van der Waals surface area contributed by atoms with E-state index in [4.69, 9.17) is 4.74 Å². The number of carbonyl (C=O) groups excluding carboxylic acids is 1. The number of benzene rings is 1. The number of nitrogens with one attached hydrogen (secondary N) is 1. The van der Waals surface area contributed by atoms with Gasteiger partial charge >= 0.3 is 0 Å². The maximum atomic E-state index is 12.2. The maximum absolute atomic E-state index is 12.2. The van der Waals surface area contributed by atoms with Gasteiger partial charge in [-0.3, -0.25) is 4.79 Å². The van der Waals surface area contributed by atoms with Gasteiger partial charge in [-0.25, -0.2) is 0 Å². The van der Waals surface area contributed by atoms with E-state index < -0.39 is 0 Å². The molecule has 5 nitrogen and oxygen atoms in total. The number of nitrogens with zero attached hydrogens (tertiary/aromatic N) is 1. The molecule has 3 rings (SSSR count). The molecule has 1 aliphatic heterocycles. The first-order chi connectivity index (χ1) is 11.3. The highest BCUT2D eigenvalue weighted by Gasteiger charge is 2.16. The largest absolute Gasteiger partial charge is 0.378 e. The van der Waals surface area contributed by atoms with Gasteiger partial charge in [0.05, 0.1) is 29.5 Å². The van der Waals surface area contributed by atoms with Crippen molar-refractivity contribution >= 4 is 28.6 Å². The van der Waals surface area contributed by atoms with Crippen LogP contribution in [-0.4, -0.2) is 38.8 Å². The summed E-state index contributed by atoms with van der Waals surface area (Å²) in [5.41, 5.74) is 1.95. The number of anilines is 2. The van der Waals surface area contributed by atoms with Gasteiger partial charge in [0.1, 0.15) is 6.54 Å². The van der Waals surface area contributed by atoms with Crippen LogP contribution >= 0.6 is 11.3 Å². The molecule has 1 saturated heterocycles. The molecule has 0 unspecified atom stereocenters. The third kappa shape index (κ3) is 4.54. The zero-order valence-corrected chi connectivity index (χ0v) is 13.8. The van der Waals surface area contributed by atoms with Gasteiger partial charge in [-0.1, -0.05) is 18.2 Å². The van der Waals surface area contributed by atoms with Crippen molar-refractivity contribution in [2.75, 3.05) is 43.1 Å². The third-order valence-corrected chi connectivity index (χ3v) is 4.68. The number of thiophene rings is 1. The zero-order chi connectivity index (χ0) is 15.9. The molecule has 23 heavy (non-hydrogen) atoms. The Balaban J connectivity index is 1.55. The first kappa shape index (κ1) is 16.0. The van der Waals surface area contributed by atoms with E-state index in [1.165, 1.54) is 4.88 Å². The minimum Gasteiger partial charge on any atom is -0.378 e. The first-order valence-electron chi connectivity index (χ1n) is 7.88. The Kier molecular flexibility index (Phi) is 5.63. The average Bonchev–Trinajstić information content (AvgIpc) is 3.09. The minimum atomic E-state index is 0.0299. The Bertz CT molecular complexity index is 625. The molecule has 1 aromatic heterocycles. The number of quaternary nitrogens is 1. The van der Waals surface area contributed by atoms with E-state index in [-0.39, 0.29) is 5.91 Å². The van der Waals surface area contributed by atoms with Gasteiger partial charge in [-0.2, -0.15) is 0 Å². The second-order valence-corrected chi connectivity index (χ2v) is 6.47. The van der Waals surface area contributed by atoms with Crippen molar-refractivity contribution < 1.29 is 14.8 Å². The minimum absolute atomic E-state index is 0.0299. The lowest BCUT2D eigenvalue weighted by molar-refractivity contribution is -0.659. The molecule has 0 radical (unpaired) electrons. The average molecular weight is 332 g/mol. The van der Waals surface area contributed by atoms with Gasteiger partial charge < -0.3 is 20.3 Å². The van der Waals surface area contributed by atoms with E-state index in [1.807, 2.05) is 29.6 Å². The number of para-hydroxylation sites is 2.